The molecule has 0 bridgehead atoms. The van der Waals surface area contributed by atoms with Gasteiger partial charge in [-0.25, -0.2) is 0 Å². The van der Waals surface area contributed by atoms with Gasteiger partial charge in [-0.15, -0.1) is 10.2 Å². The maximum Gasteiger partial charge on any atom is 0.148 e. The van der Waals surface area contributed by atoms with Crippen molar-refractivity contribution in [3.8, 4) is 11.3 Å². The van der Waals surface area contributed by atoms with Crippen molar-refractivity contribution in [3.63, 3.8) is 0 Å². The summed E-state index contributed by atoms with van der Waals surface area (Å²) in [6.45, 7) is 0.873. The molecule has 2 N–H and O–H groups in total. The highest BCUT2D eigenvalue weighted by Crippen LogP contribution is 2.21. The van der Waals surface area contributed by atoms with Gasteiger partial charge in [-0.05, 0) is 30.7 Å². The highest BCUT2D eigenvalue weighted by atomic mass is 79.9. The zero-order valence-corrected chi connectivity index (χ0v) is 11.4. The standard InChI is InChI=1S/C13H14BrN3O/c14-11-4-1-3-10(9-11)12-5-6-13(17-16-12)15-7-2-8-18/h1,3-6,9,18H,2,7-8H2,(H,15,17). The molecule has 0 radical (unpaired) electrons. The molecule has 5 heteroatoms. The lowest BCUT2D eigenvalue weighted by molar-refractivity contribution is 0.292. The second-order valence-corrected chi connectivity index (χ2v) is 4.73. The molecular formula is C13H14BrN3O. The number of aliphatic hydroxyl groups excluding tert-OH is 1. The zero-order chi connectivity index (χ0) is 12.8. The summed E-state index contributed by atoms with van der Waals surface area (Å²) in [7, 11) is 0. The van der Waals surface area contributed by atoms with Gasteiger partial charge in [0.1, 0.15) is 5.82 Å². The van der Waals surface area contributed by atoms with Crippen LogP contribution in [0.25, 0.3) is 11.3 Å². The van der Waals surface area contributed by atoms with E-state index in [9.17, 15) is 0 Å². The van der Waals surface area contributed by atoms with Crippen LogP contribution in [0.5, 0.6) is 0 Å². The lowest BCUT2D eigenvalue weighted by Gasteiger charge is -2.05. The summed E-state index contributed by atoms with van der Waals surface area (Å²) < 4.78 is 1.02. The minimum Gasteiger partial charge on any atom is -0.396 e. The Kier molecular flexibility index (Phi) is 4.66. The fourth-order valence-corrected chi connectivity index (χ4v) is 1.92. The number of aliphatic hydroxyl groups is 1. The maximum absolute atomic E-state index is 8.68. The molecule has 94 valence electrons. The van der Waals surface area contributed by atoms with Gasteiger partial charge in [0.05, 0.1) is 5.69 Å². The highest BCUT2D eigenvalue weighted by molar-refractivity contribution is 9.10. The number of halogens is 1. The Morgan fingerprint density at radius 2 is 2.06 bits per heavy atom. The van der Waals surface area contributed by atoms with E-state index in [1.807, 2.05) is 36.4 Å². The van der Waals surface area contributed by atoms with E-state index < -0.39 is 0 Å². The van der Waals surface area contributed by atoms with Gasteiger partial charge in [0.2, 0.25) is 0 Å². The van der Waals surface area contributed by atoms with E-state index in [0.717, 1.165) is 21.5 Å². The number of anilines is 1. The molecule has 0 aliphatic rings. The van der Waals surface area contributed by atoms with E-state index in [4.69, 9.17) is 5.11 Å². The molecule has 18 heavy (non-hydrogen) atoms. The summed E-state index contributed by atoms with van der Waals surface area (Å²) in [5.74, 6) is 0.724. The first kappa shape index (κ1) is 13.0. The summed E-state index contributed by atoms with van der Waals surface area (Å²) in [6.07, 6.45) is 0.703. The van der Waals surface area contributed by atoms with Crippen molar-refractivity contribution in [2.75, 3.05) is 18.5 Å². The van der Waals surface area contributed by atoms with Crippen LogP contribution < -0.4 is 5.32 Å². The molecule has 0 aliphatic carbocycles. The number of hydrogen-bond acceptors (Lipinski definition) is 4. The summed E-state index contributed by atoms with van der Waals surface area (Å²) in [5, 5.41) is 20.0. The lowest BCUT2D eigenvalue weighted by atomic mass is 10.1. The predicted octanol–water partition coefficient (Wildman–Crippen LogP) is 2.70. The Bertz CT molecular complexity index is 502. The monoisotopic (exact) mass is 307 g/mol. The van der Waals surface area contributed by atoms with Gasteiger partial charge in [0.15, 0.2) is 0 Å². The molecule has 1 aromatic carbocycles. The predicted molar refractivity (Wildman–Crippen MR) is 75.4 cm³/mol. The Morgan fingerprint density at radius 1 is 1.17 bits per heavy atom. The van der Waals surface area contributed by atoms with Crippen molar-refractivity contribution in [2.45, 2.75) is 6.42 Å². The third-order valence-corrected chi connectivity index (χ3v) is 2.92. The molecule has 0 spiro atoms. The third kappa shape index (κ3) is 3.51. The number of nitrogens with one attached hydrogen (secondary N) is 1. The van der Waals surface area contributed by atoms with Crippen molar-refractivity contribution >= 4 is 21.7 Å². The van der Waals surface area contributed by atoms with Gasteiger partial charge in [-0.3, -0.25) is 0 Å². The Balaban J connectivity index is 2.07. The van der Waals surface area contributed by atoms with Crippen LogP contribution in [0, 0.1) is 0 Å². The van der Waals surface area contributed by atoms with Crippen molar-refractivity contribution in [2.24, 2.45) is 0 Å². The Hall–Kier alpha value is -1.46. The molecule has 0 saturated carbocycles. The second-order valence-electron chi connectivity index (χ2n) is 3.82. The topological polar surface area (TPSA) is 58.0 Å². The van der Waals surface area contributed by atoms with E-state index in [1.54, 1.807) is 0 Å². The molecular weight excluding hydrogens is 294 g/mol. The van der Waals surface area contributed by atoms with Crippen LogP contribution in [0.2, 0.25) is 0 Å². The van der Waals surface area contributed by atoms with Gasteiger partial charge in [0, 0.05) is 23.2 Å². The number of rotatable bonds is 5. The average Bonchev–Trinajstić information content (AvgIpc) is 2.40. The minimum absolute atomic E-state index is 0.177. The first-order chi connectivity index (χ1) is 8.79. The van der Waals surface area contributed by atoms with E-state index in [2.05, 4.69) is 31.4 Å². The van der Waals surface area contributed by atoms with Gasteiger partial charge >= 0.3 is 0 Å². The van der Waals surface area contributed by atoms with Crippen LogP contribution in [0.15, 0.2) is 40.9 Å². The smallest absolute Gasteiger partial charge is 0.148 e. The van der Waals surface area contributed by atoms with E-state index in [1.165, 1.54) is 0 Å². The second kappa shape index (κ2) is 6.47. The van der Waals surface area contributed by atoms with Crippen molar-refractivity contribution in [3.05, 3.63) is 40.9 Å². The number of nitrogens with zero attached hydrogens (tertiary/aromatic N) is 2. The first-order valence-corrected chi connectivity index (χ1v) is 6.53. The molecule has 4 nitrogen and oxygen atoms in total. The summed E-state index contributed by atoms with van der Waals surface area (Å²) >= 11 is 3.43. The minimum atomic E-state index is 0.177. The Morgan fingerprint density at radius 3 is 2.72 bits per heavy atom. The fraction of sp³-hybridized carbons (Fsp3) is 0.231. The largest absolute Gasteiger partial charge is 0.396 e. The van der Waals surface area contributed by atoms with Gasteiger partial charge in [-0.1, -0.05) is 28.1 Å². The highest BCUT2D eigenvalue weighted by Gasteiger charge is 2.01. The SMILES string of the molecule is OCCCNc1ccc(-c2cccc(Br)c2)nn1. The molecule has 2 aromatic rings. The van der Waals surface area contributed by atoms with Crippen LogP contribution in [-0.4, -0.2) is 28.5 Å². The van der Waals surface area contributed by atoms with Crippen molar-refractivity contribution < 1.29 is 5.11 Å². The molecule has 1 aromatic heterocycles. The Labute approximate surface area is 114 Å². The molecule has 0 fully saturated rings. The van der Waals surface area contributed by atoms with E-state index in [0.29, 0.717) is 13.0 Å². The fourth-order valence-electron chi connectivity index (χ4n) is 1.52. The van der Waals surface area contributed by atoms with E-state index >= 15 is 0 Å². The number of hydrogen-bond donors (Lipinski definition) is 2. The van der Waals surface area contributed by atoms with E-state index in [-0.39, 0.29) is 6.61 Å². The van der Waals surface area contributed by atoms with Crippen molar-refractivity contribution in [1.29, 1.82) is 0 Å². The van der Waals surface area contributed by atoms with Gasteiger partial charge in [-0.2, -0.15) is 0 Å². The third-order valence-electron chi connectivity index (χ3n) is 2.43. The van der Waals surface area contributed by atoms with Crippen LogP contribution >= 0.6 is 15.9 Å². The summed E-state index contributed by atoms with van der Waals surface area (Å²) in [6, 6.07) is 11.8. The zero-order valence-electron chi connectivity index (χ0n) is 9.81. The number of benzene rings is 1. The molecule has 0 aliphatic heterocycles. The number of aromatic nitrogens is 2. The van der Waals surface area contributed by atoms with Crippen LogP contribution in [-0.2, 0) is 0 Å². The van der Waals surface area contributed by atoms with Gasteiger partial charge < -0.3 is 10.4 Å². The van der Waals surface area contributed by atoms with Crippen molar-refractivity contribution in [1.82, 2.24) is 10.2 Å². The normalized spacial score (nSPS) is 10.3. The average molecular weight is 308 g/mol. The maximum atomic E-state index is 8.68. The molecule has 0 saturated heterocycles. The molecule has 0 unspecified atom stereocenters. The lowest BCUT2D eigenvalue weighted by Crippen LogP contribution is -2.05. The molecule has 1 heterocycles. The van der Waals surface area contributed by atoms with Crippen LogP contribution in [0.3, 0.4) is 0 Å². The quantitative estimate of drug-likeness (QED) is 0.834. The molecule has 0 atom stereocenters. The summed E-state index contributed by atoms with van der Waals surface area (Å²) in [5.41, 5.74) is 1.86. The molecule has 2 rings (SSSR count). The molecule has 0 amide bonds. The van der Waals surface area contributed by atoms with Gasteiger partial charge in [0.25, 0.3) is 0 Å². The summed E-state index contributed by atoms with van der Waals surface area (Å²) in [4.78, 5) is 0. The first-order valence-electron chi connectivity index (χ1n) is 5.74. The van der Waals surface area contributed by atoms with Crippen LogP contribution in [0.1, 0.15) is 6.42 Å². The van der Waals surface area contributed by atoms with Crippen LogP contribution in [0.4, 0.5) is 5.82 Å².